The lowest BCUT2D eigenvalue weighted by molar-refractivity contribution is 0.454. The van der Waals surface area contributed by atoms with Crippen molar-refractivity contribution in [2.24, 2.45) is 5.73 Å². The Labute approximate surface area is 116 Å². The standard InChI is InChI=1S/C13H15ClN2OS/c1-8(15)6-10-11(14)4-3-5-12(10)18-13-16-9(2)7-17-13/h3-5,7-8H,6,15H2,1-2H3. The number of hydrogen-bond donors (Lipinski definition) is 1. The molecule has 2 N–H and O–H groups in total. The average molecular weight is 283 g/mol. The van der Waals surface area contributed by atoms with Crippen molar-refractivity contribution in [2.75, 3.05) is 0 Å². The molecule has 0 saturated carbocycles. The first kappa shape index (κ1) is 13.5. The zero-order valence-electron chi connectivity index (χ0n) is 10.3. The van der Waals surface area contributed by atoms with E-state index in [4.69, 9.17) is 21.8 Å². The molecule has 0 saturated heterocycles. The molecule has 0 fully saturated rings. The van der Waals surface area contributed by atoms with Gasteiger partial charge in [0.1, 0.15) is 6.26 Å². The van der Waals surface area contributed by atoms with E-state index in [0.29, 0.717) is 5.22 Å². The van der Waals surface area contributed by atoms with Gasteiger partial charge in [0.15, 0.2) is 0 Å². The van der Waals surface area contributed by atoms with E-state index in [1.54, 1.807) is 6.26 Å². The summed E-state index contributed by atoms with van der Waals surface area (Å²) in [4.78, 5) is 5.32. The second-order valence-electron chi connectivity index (χ2n) is 4.25. The Morgan fingerprint density at radius 2 is 2.28 bits per heavy atom. The minimum atomic E-state index is 0.0653. The quantitative estimate of drug-likeness (QED) is 0.929. The highest BCUT2D eigenvalue weighted by molar-refractivity contribution is 7.99. The van der Waals surface area contributed by atoms with Crippen LogP contribution in [0.5, 0.6) is 0 Å². The Kier molecular flexibility index (Phi) is 4.32. The maximum absolute atomic E-state index is 6.22. The van der Waals surface area contributed by atoms with E-state index in [0.717, 1.165) is 27.6 Å². The number of nitrogens with two attached hydrogens (primary N) is 1. The van der Waals surface area contributed by atoms with E-state index in [1.165, 1.54) is 11.8 Å². The highest BCUT2D eigenvalue weighted by atomic mass is 35.5. The normalized spacial score (nSPS) is 12.7. The van der Waals surface area contributed by atoms with Crippen LogP contribution in [0.15, 0.2) is 39.0 Å². The van der Waals surface area contributed by atoms with Crippen LogP contribution in [0, 0.1) is 6.92 Å². The molecular formula is C13H15ClN2OS. The van der Waals surface area contributed by atoms with Crippen LogP contribution in [0.3, 0.4) is 0 Å². The summed E-state index contributed by atoms with van der Waals surface area (Å²) >= 11 is 7.70. The van der Waals surface area contributed by atoms with Crippen LogP contribution in [0.1, 0.15) is 18.2 Å². The van der Waals surface area contributed by atoms with E-state index in [9.17, 15) is 0 Å². The summed E-state index contributed by atoms with van der Waals surface area (Å²) in [5, 5.41) is 1.36. The van der Waals surface area contributed by atoms with Crippen molar-refractivity contribution in [2.45, 2.75) is 36.4 Å². The molecule has 1 aromatic carbocycles. The monoisotopic (exact) mass is 282 g/mol. The summed E-state index contributed by atoms with van der Waals surface area (Å²) in [5.41, 5.74) is 7.77. The first-order chi connectivity index (χ1) is 8.56. The van der Waals surface area contributed by atoms with Crippen LogP contribution in [0.4, 0.5) is 0 Å². The number of hydrogen-bond acceptors (Lipinski definition) is 4. The third-order valence-electron chi connectivity index (χ3n) is 2.40. The molecule has 0 bridgehead atoms. The molecule has 1 aromatic heterocycles. The fourth-order valence-electron chi connectivity index (χ4n) is 1.63. The number of halogens is 1. The molecule has 1 atom stereocenters. The SMILES string of the molecule is Cc1coc(Sc2cccc(Cl)c2CC(C)N)n1. The smallest absolute Gasteiger partial charge is 0.260 e. The third kappa shape index (κ3) is 3.28. The Balaban J connectivity index is 2.29. The van der Waals surface area contributed by atoms with E-state index >= 15 is 0 Å². The Bertz CT molecular complexity index is 540. The molecule has 2 rings (SSSR count). The van der Waals surface area contributed by atoms with E-state index in [-0.39, 0.29) is 6.04 Å². The van der Waals surface area contributed by atoms with Gasteiger partial charge in [0, 0.05) is 16.0 Å². The van der Waals surface area contributed by atoms with Gasteiger partial charge in [-0.05, 0) is 49.7 Å². The Morgan fingerprint density at radius 1 is 1.50 bits per heavy atom. The summed E-state index contributed by atoms with van der Waals surface area (Å²) in [6.07, 6.45) is 2.37. The first-order valence-corrected chi connectivity index (χ1v) is 6.88. The lowest BCUT2D eigenvalue weighted by Gasteiger charge is -2.11. The van der Waals surface area contributed by atoms with Gasteiger partial charge in [0.2, 0.25) is 0 Å². The van der Waals surface area contributed by atoms with Gasteiger partial charge in [-0.15, -0.1) is 0 Å². The molecule has 2 aromatic rings. The number of aromatic nitrogens is 1. The van der Waals surface area contributed by atoms with Gasteiger partial charge in [-0.1, -0.05) is 17.7 Å². The summed E-state index contributed by atoms with van der Waals surface area (Å²) in [6.45, 7) is 3.86. The molecule has 3 nitrogen and oxygen atoms in total. The molecule has 18 heavy (non-hydrogen) atoms. The molecule has 0 aliphatic heterocycles. The van der Waals surface area contributed by atoms with Gasteiger partial charge in [-0.2, -0.15) is 0 Å². The van der Waals surface area contributed by atoms with Crippen LogP contribution >= 0.6 is 23.4 Å². The zero-order valence-corrected chi connectivity index (χ0v) is 11.9. The minimum Gasteiger partial charge on any atom is -0.439 e. The fraction of sp³-hybridized carbons (Fsp3) is 0.308. The Hall–Kier alpha value is -0.970. The third-order valence-corrected chi connectivity index (χ3v) is 3.72. The topological polar surface area (TPSA) is 52.0 Å². The molecule has 0 spiro atoms. The van der Waals surface area contributed by atoms with Gasteiger partial charge in [-0.25, -0.2) is 4.98 Å². The Morgan fingerprint density at radius 3 is 2.89 bits per heavy atom. The number of aryl methyl sites for hydroxylation is 1. The number of oxazole rings is 1. The summed E-state index contributed by atoms with van der Waals surface area (Å²) in [5.74, 6) is 0. The molecule has 0 aliphatic carbocycles. The predicted molar refractivity (Wildman–Crippen MR) is 74.2 cm³/mol. The fourth-order valence-corrected chi connectivity index (χ4v) is 2.87. The van der Waals surface area contributed by atoms with Crippen molar-refractivity contribution in [3.63, 3.8) is 0 Å². The highest BCUT2D eigenvalue weighted by Crippen LogP contribution is 2.33. The summed E-state index contributed by atoms with van der Waals surface area (Å²) < 4.78 is 5.35. The predicted octanol–water partition coefficient (Wildman–Crippen LogP) is 3.68. The lowest BCUT2D eigenvalue weighted by Crippen LogP contribution is -2.18. The molecular weight excluding hydrogens is 268 g/mol. The van der Waals surface area contributed by atoms with Crippen molar-refractivity contribution in [1.82, 2.24) is 4.98 Å². The van der Waals surface area contributed by atoms with Crippen molar-refractivity contribution in [3.05, 3.63) is 40.7 Å². The number of nitrogens with zero attached hydrogens (tertiary/aromatic N) is 1. The van der Waals surface area contributed by atoms with Gasteiger partial charge in [-0.3, -0.25) is 0 Å². The van der Waals surface area contributed by atoms with E-state index in [1.807, 2.05) is 32.0 Å². The molecule has 0 aliphatic rings. The van der Waals surface area contributed by atoms with Crippen LogP contribution in [0.2, 0.25) is 5.02 Å². The first-order valence-electron chi connectivity index (χ1n) is 5.69. The van der Waals surface area contributed by atoms with Crippen LogP contribution in [-0.4, -0.2) is 11.0 Å². The largest absolute Gasteiger partial charge is 0.439 e. The van der Waals surface area contributed by atoms with Gasteiger partial charge >= 0.3 is 0 Å². The van der Waals surface area contributed by atoms with Gasteiger partial charge in [0.25, 0.3) is 5.22 Å². The van der Waals surface area contributed by atoms with Crippen molar-refractivity contribution in [3.8, 4) is 0 Å². The summed E-state index contributed by atoms with van der Waals surface area (Å²) in [6, 6.07) is 5.87. The van der Waals surface area contributed by atoms with E-state index in [2.05, 4.69) is 4.98 Å². The second kappa shape index (κ2) is 5.78. The molecule has 0 amide bonds. The average Bonchev–Trinajstić information content (AvgIpc) is 2.69. The molecule has 96 valence electrons. The number of rotatable bonds is 4. The molecule has 0 radical (unpaired) electrons. The van der Waals surface area contributed by atoms with Crippen molar-refractivity contribution < 1.29 is 4.42 Å². The minimum absolute atomic E-state index is 0.0653. The van der Waals surface area contributed by atoms with Crippen molar-refractivity contribution in [1.29, 1.82) is 0 Å². The zero-order chi connectivity index (χ0) is 13.1. The van der Waals surface area contributed by atoms with Gasteiger partial charge < -0.3 is 10.2 Å². The number of benzene rings is 1. The highest BCUT2D eigenvalue weighted by Gasteiger charge is 2.12. The maximum Gasteiger partial charge on any atom is 0.260 e. The lowest BCUT2D eigenvalue weighted by atomic mass is 10.1. The van der Waals surface area contributed by atoms with Crippen LogP contribution in [0.25, 0.3) is 0 Å². The van der Waals surface area contributed by atoms with Gasteiger partial charge in [0.05, 0.1) is 5.69 Å². The molecule has 1 unspecified atom stereocenters. The second-order valence-corrected chi connectivity index (χ2v) is 5.66. The van der Waals surface area contributed by atoms with Crippen LogP contribution < -0.4 is 5.73 Å². The maximum atomic E-state index is 6.22. The molecule has 5 heteroatoms. The van der Waals surface area contributed by atoms with Crippen molar-refractivity contribution >= 4 is 23.4 Å². The summed E-state index contributed by atoms with van der Waals surface area (Å²) in [7, 11) is 0. The van der Waals surface area contributed by atoms with E-state index < -0.39 is 0 Å². The molecule has 1 heterocycles. The van der Waals surface area contributed by atoms with Crippen LogP contribution in [-0.2, 0) is 6.42 Å².